The minimum Gasteiger partial charge on any atom is -0.337 e. The Labute approximate surface area is 153 Å². The molecule has 0 spiro atoms. The van der Waals surface area contributed by atoms with Gasteiger partial charge in [-0.1, -0.05) is 17.3 Å². The summed E-state index contributed by atoms with van der Waals surface area (Å²) in [5.41, 5.74) is 0.782. The SMILES string of the molecule is Cc1noc(C2CCCN2C(=O)Cc2ccc(S(=O)(=O)C(C)C)cc2)n1. The number of rotatable bonds is 5. The number of aryl methyl sites for hydroxylation is 1. The molecule has 0 N–H and O–H groups in total. The van der Waals surface area contributed by atoms with E-state index in [0.717, 1.165) is 18.4 Å². The standard InChI is InChI=1S/C18H23N3O4S/c1-12(2)26(23,24)15-8-6-14(7-9-15)11-17(22)21-10-4-5-16(21)18-19-13(3)20-25-18/h6-9,12,16H,4-5,10-11H2,1-3H3. The van der Waals surface area contributed by atoms with E-state index in [1.165, 1.54) is 0 Å². The number of nitrogens with zero attached hydrogens (tertiary/aromatic N) is 3. The van der Waals surface area contributed by atoms with Crippen LogP contribution in [0.4, 0.5) is 0 Å². The van der Waals surface area contributed by atoms with Gasteiger partial charge in [-0.15, -0.1) is 0 Å². The number of aromatic nitrogens is 2. The molecular formula is C18H23N3O4S. The van der Waals surface area contributed by atoms with E-state index in [2.05, 4.69) is 10.1 Å². The Balaban J connectivity index is 1.71. The van der Waals surface area contributed by atoms with Gasteiger partial charge in [0, 0.05) is 6.54 Å². The van der Waals surface area contributed by atoms with Gasteiger partial charge < -0.3 is 9.42 Å². The fourth-order valence-corrected chi connectivity index (χ4v) is 4.18. The van der Waals surface area contributed by atoms with Crippen molar-refractivity contribution in [2.24, 2.45) is 0 Å². The highest BCUT2D eigenvalue weighted by atomic mass is 32.2. The molecule has 1 fully saturated rings. The summed E-state index contributed by atoms with van der Waals surface area (Å²) in [6, 6.07) is 6.37. The Bertz CT molecular complexity index is 887. The molecule has 2 heterocycles. The van der Waals surface area contributed by atoms with Crippen molar-refractivity contribution in [1.29, 1.82) is 0 Å². The van der Waals surface area contributed by atoms with Gasteiger partial charge in [-0.2, -0.15) is 4.98 Å². The van der Waals surface area contributed by atoms with Crippen molar-refractivity contribution >= 4 is 15.7 Å². The summed E-state index contributed by atoms with van der Waals surface area (Å²) in [7, 11) is -3.30. The van der Waals surface area contributed by atoms with Gasteiger partial charge in [0.2, 0.25) is 11.8 Å². The second kappa shape index (κ2) is 7.19. The Hall–Kier alpha value is -2.22. The number of carbonyl (C=O) groups is 1. The first kappa shape index (κ1) is 18.6. The van der Waals surface area contributed by atoms with E-state index in [1.807, 2.05) is 0 Å². The maximum absolute atomic E-state index is 12.7. The van der Waals surface area contributed by atoms with Gasteiger partial charge in [-0.05, 0) is 51.3 Å². The highest BCUT2D eigenvalue weighted by molar-refractivity contribution is 7.92. The van der Waals surface area contributed by atoms with Crippen molar-refractivity contribution in [3.05, 3.63) is 41.5 Å². The topological polar surface area (TPSA) is 93.4 Å². The molecule has 1 aliphatic rings. The van der Waals surface area contributed by atoms with Gasteiger partial charge in [-0.25, -0.2) is 8.42 Å². The molecule has 0 aliphatic carbocycles. The Morgan fingerprint density at radius 3 is 2.58 bits per heavy atom. The summed E-state index contributed by atoms with van der Waals surface area (Å²) in [6.45, 7) is 5.71. The van der Waals surface area contributed by atoms with Gasteiger partial charge in [0.1, 0.15) is 6.04 Å². The summed E-state index contributed by atoms with van der Waals surface area (Å²) < 4.78 is 29.6. The predicted octanol–water partition coefficient (Wildman–Crippen LogP) is 2.47. The number of hydrogen-bond acceptors (Lipinski definition) is 6. The van der Waals surface area contributed by atoms with Gasteiger partial charge in [0.15, 0.2) is 15.7 Å². The maximum Gasteiger partial charge on any atom is 0.249 e. The number of carbonyl (C=O) groups excluding carboxylic acids is 1. The molecule has 7 nitrogen and oxygen atoms in total. The number of likely N-dealkylation sites (tertiary alicyclic amines) is 1. The molecule has 1 amide bonds. The van der Waals surface area contributed by atoms with Crippen LogP contribution < -0.4 is 0 Å². The second-order valence-corrected chi connectivity index (χ2v) is 9.34. The van der Waals surface area contributed by atoms with Gasteiger partial charge in [0.05, 0.1) is 16.6 Å². The van der Waals surface area contributed by atoms with Crippen molar-refractivity contribution in [3.63, 3.8) is 0 Å². The van der Waals surface area contributed by atoms with Crippen molar-refractivity contribution in [2.45, 2.75) is 56.2 Å². The zero-order valence-electron chi connectivity index (χ0n) is 15.2. The van der Waals surface area contributed by atoms with E-state index >= 15 is 0 Å². The molecule has 1 aromatic carbocycles. The zero-order chi connectivity index (χ0) is 18.9. The van der Waals surface area contributed by atoms with Crippen LogP contribution in [0.1, 0.15) is 50.0 Å². The minimum atomic E-state index is -3.30. The normalized spacial score (nSPS) is 17.8. The highest BCUT2D eigenvalue weighted by Gasteiger charge is 2.33. The molecule has 3 rings (SSSR count). The van der Waals surface area contributed by atoms with E-state index < -0.39 is 15.1 Å². The zero-order valence-corrected chi connectivity index (χ0v) is 16.0. The third-order valence-electron chi connectivity index (χ3n) is 4.63. The lowest BCUT2D eigenvalue weighted by Crippen LogP contribution is -2.32. The molecule has 0 bridgehead atoms. The fraction of sp³-hybridized carbons (Fsp3) is 0.500. The lowest BCUT2D eigenvalue weighted by Gasteiger charge is -2.22. The Kier molecular flexibility index (Phi) is 5.13. The molecule has 8 heteroatoms. The van der Waals surface area contributed by atoms with E-state index in [9.17, 15) is 13.2 Å². The predicted molar refractivity (Wildman–Crippen MR) is 95.2 cm³/mol. The van der Waals surface area contributed by atoms with Crippen molar-refractivity contribution < 1.29 is 17.7 Å². The quantitative estimate of drug-likeness (QED) is 0.795. The molecule has 0 radical (unpaired) electrons. The van der Waals surface area contributed by atoms with Crippen LogP contribution in [-0.4, -0.2) is 41.2 Å². The van der Waals surface area contributed by atoms with Crippen molar-refractivity contribution in [2.75, 3.05) is 6.54 Å². The Morgan fingerprint density at radius 2 is 2.00 bits per heavy atom. The molecule has 1 unspecified atom stereocenters. The second-order valence-electron chi connectivity index (χ2n) is 6.84. The first-order valence-electron chi connectivity index (χ1n) is 8.71. The summed E-state index contributed by atoms with van der Waals surface area (Å²) in [4.78, 5) is 19.0. The van der Waals surface area contributed by atoms with E-state index in [1.54, 1.807) is 49.9 Å². The molecule has 1 aromatic heterocycles. The van der Waals surface area contributed by atoms with Gasteiger partial charge in [0.25, 0.3) is 0 Å². The highest BCUT2D eigenvalue weighted by Crippen LogP contribution is 2.31. The molecule has 1 atom stereocenters. The lowest BCUT2D eigenvalue weighted by atomic mass is 10.1. The van der Waals surface area contributed by atoms with Gasteiger partial charge in [-0.3, -0.25) is 4.79 Å². The van der Waals surface area contributed by atoms with E-state index in [4.69, 9.17) is 4.52 Å². The summed E-state index contributed by atoms with van der Waals surface area (Å²) in [5, 5.41) is 3.33. The fourth-order valence-electron chi connectivity index (χ4n) is 3.12. The largest absolute Gasteiger partial charge is 0.337 e. The number of amides is 1. The van der Waals surface area contributed by atoms with Crippen LogP contribution in [0.3, 0.4) is 0 Å². The molecule has 1 aliphatic heterocycles. The number of hydrogen-bond donors (Lipinski definition) is 0. The summed E-state index contributed by atoms with van der Waals surface area (Å²) >= 11 is 0. The molecule has 140 valence electrons. The number of sulfone groups is 1. The van der Waals surface area contributed by atoms with Crippen LogP contribution in [0.25, 0.3) is 0 Å². The minimum absolute atomic E-state index is 0.0252. The molecule has 2 aromatic rings. The average Bonchev–Trinajstić information content (AvgIpc) is 3.23. The van der Waals surface area contributed by atoms with Crippen LogP contribution in [-0.2, 0) is 21.1 Å². The van der Waals surface area contributed by atoms with Crippen molar-refractivity contribution in [1.82, 2.24) is 15.0 Å². The third kappa shape index (κ3) is 3.65. The molecular weight excluding hydrogens is 354 g/mol. The van der Waals surface area contributed by atoms with Crippen LogP contribution in [0.15, 0.2) is 33.7 Å². The third-order valence-corrected chi connectivity index (χ3v) is 6.80. The average molecular weight is 377 g/mol. The summed E-state index contributed by atoms with van der Waals surface area (Å²) in [5.74, 6) is 1.01. The van der Waals surface area contributed by atoms with E-state index in [0.29, 0.717) is 18.3 Å². The first-order valence-corrected chi connectivity index (χ1v) is 10.3. The van der Waals surface area contributed by atoms with Crippen LogP contribution in [0, 0.1) is 6.92 Å². The maximum atomic E-state index is 12.7. The molecule has 1 saturated heterocycles. The Morgan fingerprint density at radius 1 is 1.31 bits per heavy atom. The van der Waals surface area contributed by atoms with Crippen molar-refractivity contribution in [3.8, 4) is 0 Å². The molecule has 0 saturated carbocycles. The smallest absolute Gasteiger partial charge is 0.249 e. The lowest BCUT2D eigenvalue weighted by molar-refractivity contribution is -0.131. The monoisotopic (exact) mass is 377 g/mol. The van der Waals surface area contributed by atoms with Crippen LogP contribution >= 0.6 is 0 Å². The van der Waals surface area contributed by atoms with Crippen LogP contribution in [0.2, 0.25) is 0 Å². The first-order chi connectivity index (χ1) is 12.3. The van der Waals surface area contributed by atoms with E-state index in [-0.39, 0.29) is 23.3 Å². The molecule has 26 heavy (non-hydrogen) atoms. The van der Waals surface area contributed by atoms with Gasteiger partial charge >= 0.3 is 0 Å². The van der Waals surface area contributed by atoms with Crippen LogP contribution in [0.5, 0.6) is 0 Å². The summed E-state index contributed by atoms with van der Waals surface area (Å²) in [6.07, 6.45) is 1.91. The number of benzene rings is 1.